The quantitative estimate of drug-likeness (QED) is 0.482. The van der Waals surface area contributed by atoms with Crippen molar-refractivity contribution in [3.05, 3.63) is 77.9 Å². The zero-order valence-electron chi connectivity index (χ0n) is 16.0. The van der Waals surface area contributed by atoms with E-state index in [0.717, 1.165) is 23.8 Å². The lowest BCUT2D eigenvalue weighted by Gasteiger charge is -2.37. The van der Waals surface area contributed by atoms with E-state index in [1.165, 1.54) is 46.9 Å². The van der Waals surface area contributed by atoms with Crippen LogP contribution in [0.2, 0.25) is 0 Å². The smallest absolute Gasteiger partial charge is 0.0235 e. The minimum Gasteiger partial charge on any atom is -0.300 e. The summed E-state index contributed by atoms with van der Waals surface area (Å²) in [5.74, 6) is 1.80. The van der Waals surface area contributed by atoms with Crippen LogP contribution in [0.15, 0.2) is 71.6 Å². The summed E-state index contributed by atoms with van der Waals surface area (Å²) in [6.07, 6.45) is 5.46. The van der Waals surface area contributed by atoms with Gasteiger partial charge in [0.2, 0.25) is 0 Å². The number of fused-ring (bicyclic) bond motifs is 3. The fraction of sp³-hybridized carbons (Fsp3) is 0.360. The summed E-state index contributed by atoms with van der Waals surface area (Å²) in [5.41, 5.74) is 3.14. The summed E-state index contributed by atoms with van der Waals surface area (Å²) in [4.78, 5) is 4.04. The number of piperidine rings is 1. The van der Waals surface area contributed by atoms with Crippen molar-refractivity contribution in [3.63, 3.8) is 0 Å². The average molecular weight is 374 g/mol. The van der Waals surface area contributed by atoms with E-state index in [-0.39, 0.29) is 0 Å². The summed E-state index contributed by atoms with van der Waals surface area (Å²) in [6.45, 7) is 0. The van der Waals surface area contributed by atoms with Crippen molar-refractivity contribution < 1.29 is 0 Å². The number of hydrogen-bond acceptors (Lipinski definition) is 2. The molecule has 2 aliphatic heterocycles. The highest BCUT2D eigenvalue weighted by Gasteiger charge is 2.39. The molecule has 27 heavy (non-hydrogen) atoms. The Morgan fingerprint density at radius 3 is 2.41 bits per heavy atom. The molecule has 0 aromatic heterocycles. The second-order valence-electron chi connectivity index (χ2n) is 8.18. The highest BCUT2D eigenvalue weighted by molar-refractivity contribution is 7.98. The molecule has 138 valence electrons. The molecule has 2 atom stereocenters. The molecule has 2 saturated heterocycles. The first-order valence-corrected chi connectivity index (χ1v) is 11.2. The predicted molar refractivity (Wildman–Crippen MR) is 116 cm³/mol. The lowest BCUT2D eigenvalue weighted by molar-refractivity contribution is 0.161. The molecule has 0 aliphatic carbocycles. The van der Waals surface area contributed by atoms with Crippen molar-refractivity contribution in [2.75, 3.05) is 7.05 Å². The van der Waals surface area contributed by atoms with E-state index in [1.54, 1.807) is 5.56 Å². The molecule has 2 unspecified atom stereocenters. The topological polar surface area (TPSA) is 3.24 Å². The maximum absolute atomic E-state index is 2.64. The molecule has 0 saturated carbocycles. The Labute approximate surface area is 166 Å². The number of benzene rings is 3. The molecule has 3 aromatic carbocycles. The summed E-state index contributed by atoms with van der Waals surface area (Å²) in [7, 11) is 2.33. The fourth-order valence-electron chi connectivity index (χ4n) is 5.21. The lowest BCUT2D eigenvalue weighted by atomic mass is 9.83. The second kappa shape index (κ2) is 7.33. The van der Waals surface area contributed by atoms with Crippen LogP contribution in [0.1, 0.15) is 42.7 Å². The maximum atomic E-state index is 2.64. The number of nitrogens with zero attached hydrogens (tertiary/aromatic N) is 1. The van der Waals surface area contributed by atoms with E-state index < -0.39 is 0 Å². The monoisotopic (exact) mass is 373 g/mol. The van der Waals surface area contributed by atoms with Crippen molar-refractivity contribution in [2.45, 2.75) is 54.3 Å². The standard InChI is InChI=1S/C25H27NS/c1-26-21-13-14-22(26)16-20(15-21)23-10-4-3-8-19(23)17-27-25-12-6-9-18-7-2-5-11-24(18)25/h2-12,20-22H,13-17H2,1H3. The van der Waals surface area contributed by atoms with Gasteiger partial charge in [0.15, 0.2) is 0 Å². The highest BCUT2D eigenvalue weighted by Crippen LogP contribution is 2.43. The van der Waals surface area contributed by atoms with Gasteiger partial charge in [-0.3, -0.25) is 0 Å². The van der Waals surface area contributed by atoms with Crippen LogP contribution >= 0.6 is 11.8 Å². The molecule has 2 heterocycles. The van der Waals surface area contributed by atoms with Gasteiger partial charge >= 0.3 is 0 Å². The van der Waals surface area contributed by atoms with Gasteiger partial charge in [-0.15, -0.1) is 11.8 Å². The molecule has 2 fully saturated rings. The van der Waals surface area contributed by atoms with Gasteiger partial charge in [-0.2, -0.15) is 0 Å². The number of thioether (sulfide) groups is 1. The molecular formula is C25H27NS. The molecule has 0 amide bonds. The van der Waals surface area contributed by atoms with Gasteiger partial charge in [-0.1, -0.05) is 60.7 Å². The zero-order chi connectivity index (χ0) is 18.2. The van der Waals surface area contributed by atoms with Gasteiger partial charge in [0.05, 0.1) is 0 Å². The molecule has 0 N–H and O–H groups in total. The van der Waals surface area contributed by atoms with Crippen LogP contribution in [0, 0.1) is 0 Å². The Hall–Kier alpha value is -1.77. The summed E-state index contributed by atoms with van der Waals surface area (Å²) in [6, 6.07) is 26.2. The molecular weight excluding hydrogens is 346 g/mol. The first-order chi connectivity index (χ1) is 13.3. The van der Waals surface area contributed by atoms with Crippen LogP contribution in [-0.4, -0.2) is 24.0 Å². The fourth-order valence-corrected chi connectivity index (χ4v) is 6.30. The highest BCUT2D eigenvalue weighted by atomic mass is 32.2. The third-order valence-corrected chi connectivity index (χ3v) is 7.85. The van der Waals surface area contributed by atoms with Crippen molar-refractivity contribution in [1.29, 1.82) is 0 Å². The molecule has 2 aliphatic rings. The van der Waals surface area contributed by atoms with E-state index in [2.05, 4.69) is 78.7 Å². The Bertz CT molecular complexity index is 930. The van der Waals surface area contributed by atoms with Crippen LogP contribution in [0.4, 0.5) is 0 Å². The molecule has 2 heteroatoms. The third kappa shape index (κ3) is 3.30. The number of hydrogen-bond donors (Lipinski definition) is 0. The van der Waals surface area contributed by atoms with E-state index in [9.17, 15) is 0 Å². The molecule has 1 nitrogen and oxygen atoms in total. The largest absolute Gasteiger partial charge is 0.300 e. The van der Waals surface area contributed by atoms with Gasteiger partial charge in [-0.25, -0.2) is 0 Å². The van der Waals surface area contributed by atoms with Gasteiger partial charge < -0.3 is 4.90 Å². The zero-order valence-corrected chi connectivity index (χ0v) is 16.8. The predicted octanol–water partition coefficient (Wildman–Crippen LogP) is 6.47. The van der Waals surface area contributed by atoms with Gasteiger partial charge in [-0.05, 0) is 66.6 Å². The Morgan fingerprint density at radius 1 is 0.852 bits per heavy atom. The van der Waals surface area contributed by atoms with Gasteiger partial charge in [0.1, 0.15) is 0 Å². The van der Waals surface area contributed by atoms with Crippen molar-refractivity contribution in [2.24, 2.45) is 0 Å². The van der Waals surface area contributed by atoms with Crippen LogP contribution in [0.3, 0.4) is 0 Å². The van der Waals surface area contributed by atoms with Crippen LogP contribution in [-0.2, 0) is 5.75 Å². The number of rotatable bonds is 4. The minimum absolute atomic E-state index is 0.739. The van der Waals surface area contributed by atoms with Crippen molar-refractivity contribution >= 4 is 22.5 Å². The summed E-state index contributed by atoms with van der Waals surface area (Å²) >= 11 is 1.99. The van der Waals surface area contributed by atoms with Gasteiger partial charge in [0, 0.05) is 22.7 Å². The molecule has 2 bridgehead atoms. The Morgan fingerprint density at radius 2 is 1.56 bits per heavy atom. The molecule has 5 rings (SSSR count). The maximum Gasteiger partial charge on any atom is 0.0235 e. The van der Waals surface area contributed by atoms with Crippen LogP contribution < -0.4 is 0 Å². The van der Waals surface area contributed by atoms with E-state index in [0.29, 0.717) is 0 Å². The average Bonchev–Trinajstić information content (AvgIpc) is 2.93. The van der Waals surface area contributed by atoms with Crippen molar-refractivity contribution in [1.82, 2.24) is 4.90 Å². The normalized spacial score (nSPS) is 25.1. The van der Waals surface area contributed by atoms with Gasteiger partial charge in [0.25, 0.3) is 0 Å². The molecule has 0 radical (unpaired) electrons. The summed E-state index contributed by atoms with van der Waals surface area (Å²) < 4.78 is 0. The summed E-state index contributed by atoms with van der Waals surface area (Å²) in [5, 5.41) is 2.71. The lowest BCUT2D eigenvalue weighted by Crippen LogP contribution is -2.39. The third-order valence-electron chi connectivity index (χ3n) is 6.73. The molecule has 3 aromatic rings. The van der Waals surface area contributed by atoms with Crippen LogP contribution in [0.5, 0.6) is 0 Å². The van der Waals surface area contributed by atoms with E-state index >= 15 is 0 Å². The minimum atomic E-state index is 0.739. The van der Waals surface area contributed by atoms with Crippen LogP contribution in [0.25, 0.3) is 10.8 Å². The van der Waals surface area contributed by atoms with Crippen molar-refractivity contribution in [3.8, 4) is 0 Å². The van der Waals surface area contributed by atoms with E-state index in [1.807, 2.05) is 11.8 Å². The first-order valence-electron chi connectivity index (χ1n) is 10.2. The second-order valence-corrected chi connectivity index (χ2v) is 9.20. The first kappa shape index (κ1) is 17.3. The SMILES string of the molecule is CN1C2CCC1CC(c1ccccc1CSc1cccc3ccccc13)C2. The molecule has 0 spiro atoms. The Balaban J connectivity index is 1.39. The van der Waals surface area contributed by atoms with E-state index in [4.69, 9.17) is 0 Å². The Kier molecular flexibility index (Phi) is 4.71.